The van der Waals surface area contributed by atoms with Crippen LogP contribution in [0.1, 0.15) is 43.4 Å². The van der Waals surface area contributed by atoms with Crippen molar-refractivity contribution >= 4 is 23.9 Å². The van der Waals surface area contributed by atoms with Crippen LogP contribution in [-0.2, 0) is 33.5 Å². The average molecular weight is 551 g/mol. The van der Waals surface area contributed by atoms with Gasteiger partial charge in [0.1, 0.15) is 0 Å². The minimum absolute atomic E-state index is 0.0441. The standard InChI is InChI=1S/C24H24F6N2O4S/c1-3-32(22(34)15-5-6-15)13-16-11-17(23(25,26)27)7-8-18(16)19-9-14(10-20(33)35-4-2)12-31-21(19)36-37-24(28,29)30/h7-9,11-12,15H,3-6,10,13H2,1-2H3. The number of hydrogen-bond acceptors (Lipinski definition) is 6. The number of pyridine rings is 1. The Hall–Kier alpha value is -2.96. The smallest absolute Gasteiger partial charge is 0.466 e. The second-order valence-electron chi connectivity index (χ2n) is 8.29. The van der Waals surface area contributed by atoms with E-state index in [2.05, 4.69) is 4.98 Å². The summed E-state index contributed by atoms with van der Waals surface area (Å²) in [7, 11) is 0. The molecule has 1 aromatic heterocycles. The number of aromatic nitrogens is 1. The quantitative estimate of drug-likeness (QED) is 0.200. The number of benzene rings is 1. The maximum absolute atomic E-state index is 13.5. The van der Waals surface area contributed by atoms with Crippen molar-refractivity contribution in [1.82, 2.24) is 9.88 Å². The molecule has 0 unspecified atom stereocenters. The second-order valence-corrected chi connectivity index (χ2v) is 9.08. The topological polar surface area (TPSA) is 68.7 Å². The van der Waals surface area contributed by atoms with E-state index in [-0.39, 0.29) is 60.2 Å². The van der Waals surface area contributed by atoms with Gasteiger partial charge in [-0.2, -0.15) is 26.3 Å². The van der Waals surface area contributed by atoms with Crippen LogP contribution in [0.15, 0.2) is 30.5 Å². The van der Waals surface area contributed by atoms with Gasteiger partial charge in [0.25, 0.3) is 0 Å². The lowest BCUT2D eigenvalue weighted by Crippen LogP contribution is -2.31. The maximum atomic E-state index is 13.5. The Morgan fingerprint density at radius 3 is 2.35 bits per heavy atom. The zero-order valence-electron chi connectivity index (χ0n) is 19.9. The lowest BCUT2D eigenvalue weighted by atomic mass is 9.96. The fraction of sp³-hybridized carbons (Fsp3) is 0.458. The summed E-state index contributed by atoms with van der Waals surface area (Å²) in [4.78, 5) is 29.9. The Kier molecular flexibility index (Phi) is 8.98. The molecule has 13 heteroatoms. The average Bonchev–Trinajstić information content (AvgIpc) is 3.65. The van der Waals surface area contributed by atoms with Crippen molar-refractivity contribution in [2.75, 3.05) is 13.2 Å². The highest BCUT2D eigenvalue weighted by molar-refractivity contribution is 7.95. The van der Waals surface area contributed by atoms with Gasteiger partial charge in [-0.25, -0.2) is 4.98 Å². The largest absolute Gasteiger partial charge is 0.479 e. The fourth-order valence-corrected chi connectivity index (χ4v) is 3.93. The molecule has 202 valence electrons. The van der Waals surface area contributed by atoms with Crippen molar-refractivity contribution in [2.24, 2.45) is 5.92 Å². The molecular weight excluding hydrogens is 526 g/mol. The number of esters is 1. The molecule has 1 amide bonds. The predicted octanol–water partition coefficient (Wildman–Crippen LogP) is 6.18. The van der Waals surface area contributed by atoms with Crippen molar-refractivity contribution in [2.45, 2.75) is 51.3 Å². The van der Waals surface area contributed by atoms with Gasteiger partial charge in [-0.05, 0) is 61.6 Å². The number of rotatable bonds is 10. The second kappa shape index (κ2) is 11.6. The SMILES string of the molecule is CCOC(=O)Cc1cnc(OSC(F)(F)F)c(-c2ccc(C(F)(F)F)cc2CN(CC)C(=O)C2CC2)c1. The van der Waals surface area contributed by atoms with Crippen molar-refractivity contribution in [3.05, 3.63) is 47.2 Å². The van der Waals surface area contributed by atoms with Gasteiger partial charge in [-0.1, -0.05) is 6.07 Å². The molecule has 2 aromatic rings. The minimum atomic E-state index is -4.78. The van der Waals surface area contributed by atoms with Gasteiger partial charge in [-0.15, -0.1) is 0 Å². The molecule has 1 aliphatic carbocycles. The minimum Gasteiger partial charge on any atom is -0.466 e. The normalized spacial score (nSPS) is 13.8. The van der Waals surface area contributed by atoms with E-state index in [0.717, 1.165) is 24.4 Å². The van der Waals surface area contributed by atoms with Gasteiger partial charge in [-0.3, -0.25) is 9.59 Å². The zero-order chi connectivity index (χ0) is 27.4. The van der Waals surface area contributed by atoms with Crippen LogP contribution in [0.2, 0.25) is 0 Å². The Morgan fingerprint density at radius 1 is 1.08 bits per heavy atom. The number of halogens is 6. The number of ether oxygens (including phenoxy) is 1. The number of carbonyl (C=O) groups is 2. The molecule has 1 saturated carbocycles. The van der Waals surface area contributed by atoms with E-state index in [1.54, 1.807) is 13.8 Å². The molecule has 3 rings (SSSR count). The third-order valence-electron chi connectivity index (χ3n) is 5.48. The molecule has 0 N–H and O–H groups in total. The van der Waals surface area contributed by atoms with Gasteiger partial charge < -0.3 is 13.8 Å². The molecule has 0 radical (unpaired) electrons. The van der Waals surface area contributed by atoms with Gasteiger partial charge in [0.2, 0.25) is 11.8 Å². The van der Waals surface area contributed by atoms with Crippen LogP contribution in [0.4, 0.5) is 26.3 Å². The van der Waals surface area contributed by atoms with E-state index in [0.29, 0.717) is 12.8 Å². The molecule has 6 nitrogen and oxygen atoms in total. The third kappa shape index (κ3) is 8.01. The number of hydrogen-bond donors (Lipinski definition) is 0. The number of carbonyl (C=O) groups excluding carboxylic acids is 2. The first-order chi connectivity index (χ1) is 17.3. The summed E-state index contributed by atoms with van der Waals surface area (Å²) in [5.41, 5.74) is -5.43. The van der Waals surface area contributed by atoms with E-state index in [9.17, 15) is 35.9 Å². The summed E-state index contributed by atoms with van der Waals surface area (Å²) in [5, 5.41) is 0. The summed E-state index contributed by atoms with van der Waals surface area (Å²) in [6.07, 6.45) is -2.45. The summed E-state index contributed by atoms with van der Waals surface area (Å²) < 4.78 is 88.8. The molecule has 1 aromatic carbocycles. The highest BCUT2D eigenvalue weighted by Gasteiger charge is 2.35. The van der Waals surface area contributed by atoms with Crippen LogP contribution in [0.3, 0.4) is 0 Å². The summed E-state index contributed by atoms with van der Waals surface area (Å²) >= 11 is -0.827. The Bertz CT molecular complexity index is 1140. The monoisotopic (exact) mass is 550 g/mol. The predicted molar refractivity (Wildman–Crippen MR) is 123 cm³/mol. The van der Waals surface area contributed by atoms with Gasteiger partial charge in [0.05, 0.1) is 18.6 Å². The van der Waals surface area contributed by atoms with Crippen LogP contribution < -0.4 is 4.18 Å². The van der Waals surface area contributed by atoms with Gasteiger partial charge in [0, 0.05) is 30.8 Å². The van der Waals surface area contributed by atoms with Crippen LogP contribution in [0.5, 0.6) is 5.88 Å². The third-order valence-corrected chi connectivity index (χ3v) is 5.91. The van der Waals surface area contributed by atoms with Gasteiger partial charge in [0.15, 0.2) is 12.0 Å². The molecule has 1 aliphatic rings. The molecule has 0 aliphatic heterocycles. The van der Waals surface area contributed by atoms with Crippen molar-refractivity contribution in [3.8, 4) is 17.0 Å². The van der Waals surface area contributed by atoms with E-state index in [1.807, 2.05) is 0 Å². The van der Waals surface area contributed by atoms with Crippen LogP contribution >= 0.6 is 12.0 Å². The van der Waals surface area contributed by atoms with Crippen molar-refractivity contribution in [1.29, 1.82) is 0 Å². The Labute approximate surface area is 213 Å². The molecule has 1 heterocycles. The molecule has 0 atom stereocenters. The summed E-state index contributed by atoms with van der Waals surface area (Å²) in [6.45, 7) is 3.40. The lowest BCUT2D eigenvalue weighted by Gasteiger charge is -2.24. The van der Waals surface area contributed by atoms with E-state index in [1.165, 1.54) is 11.0 Å². The van der Waals surface area contributed by atoms with Crippen molar-refractivity contribution < 1.29 is 44.9 Å². The number of alkyl halides is 6. The highest BCUT2D eigenvalue weighted by atomic mass is 32.2. The van der Waals surface area contributed by atoms with Crippen LogP contribution in [0, 0.1) is 5.92 Å². The van der Waals surface area contributed by atoms with Crippen molar-refractivity contribution in [3.63, 3.8) is 0 Å². The van der Waals surface area contributed by atoms with E-state index >= 15 is 0 Å². The van der Waals surface area contributed by atoms with Crippen LogP contribution in [0.25, 0.3) is 11.1 Å². The summed E-state index contributed by atoms with van der Waals surface area (Å²) in [5.74, 6) is -1.52. The number of amides is 1. The summed E-state index contributed by atoms with van der Waals surface area (Å²) in [6, 6.07) is 4.07. The van der Waals surface area contributed by atoms with Crippen LogP contribution in [-0.4, -0.2) is 40.4 Å². The van der Waals surface area contributed by atoms with Gasteiger partial charge >= 0.3 is 17.7 Å². The molecule has 0 bridgehead atoms. The van der Waals surface area contributed by atoms with E-state index < -0.39 is 41.1 Å². The first kappa shape index (κ1) is 28.6. The first-order valence-corrected chi connectivity index (χ1v) is 12.1. The zero-order valence-corrected chi connectivity index (χ0v) is 20.7. The first-order valence-electron chi connectivity index (χ1n) is 11.4. The molecule has 1 fully saturated rings. The molecule has 37 heavy (non-hydrogen) atoms. The molecular formula is C24H24F6N2O4S. The van der Waals surface area contributed by atoms with E-state index in [4.69, 9.17) is 8.92 Å². The Balaban J connectivity index is 2.11. The lowest BCUT2D eigenvalue weighted by molar-refractivity contribution is -0.142. The maximum Gasteiger partial charge on any atom is 0.479 e. The fourth-order valence-electron chi connectivity index (χ4n) is 3.62. The highest BCUT2D eigenvalue weighted by Crippen LogP contribution is 2.40. The number of nitrogens with zero attached hydrogens (tertiary/aromatic N) is 2. The Morgan fingerprint density at radius 2 is 1.78 bits per heavy atom. The molecule has 0 spiro atoms. The molecule has 0 saturated heterocycles.